The van der Waals surface area contributed by atoms with Gasteiger partial charge < -0.3 is 10.6 Å². The molecule has 5 nitrogen and oxygen atoms in total. The van der Waals surface area contributed by atoms with Gasteiger partial charge in [-0.2, -0.15) is 0 Å². The second-order valence-corrected chi connectivity index (χ2v) is 4.29. The lowest BCUT2D eigenvalue weighted by atomic mass is 10.0. The van der Waals surface area contributed by atoms with Gasteiger partial charge in [0.1, 0.15) is 5.82 Å². The Kier molecular flexibility index (Phi) is 3.29. The number of carbonyl (C=O) groups excluding carboxylic acids is 2. The summed E-state index contributed by atoms with van der Waals surface area (Å²) >= 11 is 0. The predicted octanol–water partition coefficient (Wildman–Crippen LogP) is 0.308. The maximum absolute atomic E-state index is 13.8. The molecule has 0 unspecified atom stereocenters. The Morgan fingerprint density at radius 3 is 2.50 bits per heavy atom. The van der Waals surface area contributed by atoms with Gasteiger partial charge in [-0.05, 0) is 19.1 Å². The second-order valence-electron chi connectivity index (χ2n) is 4.29. The normalized spacial score (nSPS) is 17.6. The average Bonchev–Trinajstić information content (AvgIpc) is 2.26. The molecule has 0 bridgehead atoms. The highest BCUT2D eigenvalue weighted by atomic mass is 19.1. The number of carbonyl (C=O) groups is 2. The Bertz CT molecular complexity index is 486. The van der Waals surface area contributed by atoms with Crippen LogP contribution >= 0.6 is 0 Å². The summed E-state index contributed by atoms with van der Waals surface area (Å²) in [6.45, 7) is 1.71. The largest absolute Gasteiger partial charge is 0.353 e. The Morgan fingerprint density at radius 2 is 1.94 bits per heavy atom. The number of piperazine rings is 1. The van der Waals surface area contributed by atoms with Crippen molar-refractivity contribution in [3.8, 4) is 0 Å². The number of nitrogens with zero attached hydrogens (tertiary/aromatic N) is 1. The number of nitrogens with one attached hydrogen (secondary N) is 1. The highest BCUT2D eigenvalue weighted by molar-refractivity contribution is 6.02. The number of hydrogen-bond acceptors (Lipinski definition) is 4. The van der Waals surface area contributed by atoms with Gasteiger partial charge in [0.2, 0.25) is 11.8 Å². The fraction of sp³-hybridized carbons (Fsp3) is 0.333. The number of anilines is 1. The van der Waals surface area contributed by atoms with Gasteiger partial charge in [-0.25, -0.2) is 4.39 Å². The Labute approximate surface area is 104 Å². The number of nitrogens with two attached hydrogens (primary N) is 1. The summed E-state index contributed by atoms with van der Waals surface area (Å²) in [7, 11) is 0. The molecule has 0 radical (unpaired) electrons. The van der Waals surface area contributed by atoms with Crippen molar-refractivity contribution < 1.29 is 14.0 Å². The predicted molar refractivity (Wildman–Crippen MR) is 64.4 cm³/mol. The molecule has 2 rings (SSSR count). The molecular formula is C12H14FN3O2. The van der Waals surface area contributed by atoms with E-state index in [1.165, 1.54) is 17.0 Å². The van der Waals surface area contributed by atoms with E-state index in [1.54, 1.807) is 13.0 Å². The highest BCUT2D eigenvalue weighted by Crippen LogP contribution is 2.28. The topological polar surface area (TPSA) is 75.4 Å². The van der Waals surface area contributed by atoms with Crippen molar-refractivity contribution in [2.75, 3.05) is 18.0 Å². The molecule has 1 heterocycles. The maximum Gasteiger partial charge on any atom is 0.246 e. The lowest BCUT2D eigenvalue weighted by molar-refractivity contribution is -0.130. The minimum atomic E-state index is -0.513. The summed E-state index contributed by atoms with van der Waals surface area (Å²) < 4.78 is 13.8. The van der Waals surface area contributed by atoms with Crippen LogP contribution in [0.25, 0.3) is 0 Å². The lowest BCUT2D eigenvalue weighted by Crippen LogP contribution is -2.51. The van der Waals surface area contributed by atoms with Gasteiger partial charge in [-0.1, -0.05) is 6.07 Å². The summed E-state index contributed by atoms with van der Waals surface area (Å²) in [6.07, 6.45) is 0. The zero-order valence-electron chi connectivity index (χ0n) is 9.94. The van der Waals surface area contributed by atoms with Gasteiger partial charge >= 0.3 is 0 Å². The summed E-state index contributed by atoms with van der Waals surface area (Å²) in [6, 6.07) is 4.00. The van der Waals surface area contributed by atoms with Crippen molar-refractivity contribution in [2.45, 2.75) is 13.0 Å². The van der Waals surface area contributed by atoms with Crippen molar-refractivity contribution in [2.24, 2.45) is 5.73 Å². The van der Waals surface area contributed by atoms with Gasteiger partial charge in [-0.3, -0.25) is 14.9 Å². The first kappa shape index (κ1) is 12.5. The quantitative estimate of drug-likeness (QED) is 0.742. The Balaban J connectivity index is 2.41. The third-order valence-corrected chi connectivity index (χ3v) is 2.77. The first-order chi connectivity index (χ1) is 8.49. The van der Waals surface area contributed by atoms with Gasteiger partial charge in [0.25, 0.3) is 0 Å². The molecule has 18 heavy (non-hydrogen) atoms. The molecule has 0 aliphatic carbocycles. The molecule has 0 spiro atoms. The van der Waals surface area contributed by atoms with Crippen LogP contribution < -0.4 is 16.0 Å². The van der Waals surface area contributed by atoms with E-state index in [2.05, 4.69) is 5.32 Å². The molecule has 1 aromatic carbocycles. The van der Waals surface area contributed by atoms with E-state index < -0.39 is 23.7 Å². The molecule has 1 aromatic rings. The smallest absolute Gasteiger partial charge is 0.246 e. The van der Waals surface area contributed by atoms with Gasteiger partial charge in [0.15, 0.2) is 0 Å². The van der Waals surface area contributed by atoms with Crippen LogP contribution in [0.5, 0.6) is 0 Å². The van der Waals surface area contributed by atoms with Crippen LogP contribution in [0, 0.1) is 5.82 Å². The Hall–Kier alpha value is -1.95. The first-order valence-electron chi connectivity index (χ1n) is 5.60. The van der Waals surface area contributed by atoms with Crippen molar-refractivity contribution in [1.82, 2.24) is 5.32 Å². The van der Waals surface area contributed by atoms with Crippen LogP contribution in [0.2, 0.25) is 0 Å². The summed E-state index contributed by atoms with van der Waals surface area (Å²) in [5.74, 6) is -1.22. The Morgan fingerprint density at radius 1 is 1.33 bits per heavy atom. The molecule has 96 valence electrons. The molecular weight excluding hydrogens is 237 g/mol. The van der Waals surface area contributed by atoms with Gasteiger partial charge in [0.05, 0.1) is 13.1 Å². The third-order valence-electron chi connectivity index (χ3n) is 2.77. The zero-order chi connectivity index (χ0) is 13.3. The molecule has 2 amide bonds. The number of amides is 2. The number of hydrogen-bond donors (Lipinski definition) is 2. The number of imide groups is 1. The van der Waals surface area contributed by atoms with E-state index in [0.717, 1.165) is 0 Å². The standard InChI is InChI=1S/C12H14FN3O2/c1-7(14)12-8(13)3-2-4-9(12)16-5-10(17)15-11(18)6-16/h2-4,7H,5-6,14H2,1H3,(H,15,17,18)/t7-/m0/s1. The van der Waals surface area contributed by atoms with Gasteiger partial charge in [-0.15, -0.1) is 0 Å². The molecule has 0 aromatic heterocycles. The third kappa shape index (κ3) is 2.33. The van der Waals surface area contributed by atoms with Crippen LogP contribution in [0.3, 0.4) is 0 Å². The fourth-order valence-corrected chi connectivity index (χ4v) is 2.06. The van der Waals surface area contributed by atoms with Crippen LogP contribution in [0.4, 0.5) is 10.1 Å². The van der Waals surface area contributed by atoms with Gasteiger partial charge in [0, 0.05) is 17.3 Å². The van der Waals surface area contributed by atoms with Crippen LogP contribution in [0.1, 0.15) is 18.5 Å². The monoisotopic (exact) mass is 251 g/mol. The van der Waals surface area contributed by atoms with E-state index in [0.29, 0.717) is 11.3 Å². The minimum Gasteiger partial charge on any atom is -0.353 e. The molecule has 1 aliphatic heterocycles. The summed E-state index contributed by atoms with van der Waals surface area (Å²) in [4.78, 5) is 24.2. The highest BCUT2D eigenvalue weighted by Gasteiger charge is 2.26. The van der Waals surface area contributed by atoms with E-state index in [1.807, 2.05) is 0 Å². The number of halogens is 1. The number of benzene rings is 1. The fourth-order valence-electron chi connectivity index (χ4n) is 2.06. The first-order valence-corrected chi connectivity index (χ1v) is 5.60. The minimum absolute atomic E-state index is 0.0227. The van der Waals surface area contributed by atoms with Crippen LogP contribution in [-0.4, -0.2) is 24.9 Å². The van der Waals surface area contributed by atoms with E-state index in [-0.39, 0.29) is 13.1 Å². The van der Waals surface area contributed by atoms with Crippen molar-refractivity contribution in [1.29, 1.82) is 0 Å². The van der Waals surface area contributed by atoms with Crippen molar-refractivity contribution >= 4 is 17.5 Å². The number of rotatable bonds is 2. The molecule has 1 saturated heterocycles. The molecule has 1 atom stereocenters. The van der Waals surface area contributed by atoms with Crippen LogP contribution in [0.15, 0.2) is 18.2 Å². The molecule has 1 aliphatic rings. The second kappa shape index (κ2) is 4.73. The molecule has 0 saturated carbocycles. The summed E-state index contributed by atoms with van der Waals surface area (Å²) in [5, 5.41) is 2.20. The SMILES string of the molecule is C[C@H](N)c1c(F)cccc1N1CC(=O)NC(=O)C1. The lowest BCUT2D eigenvalue weighted by Gasteiger charge is -2.30. The average molecular weight is 251 g/mol. The van der Waals surface area contributed by atoms with E-state index >= 15 is 0 Å². The van der Waals surface area contributed by atoms with E-state index in [4.69, 9.17) is 5.73 Å². The zero-order valence-corrected chi connectivity index (χ0v) is 9.94. The molecule has 6 heteroatoms. The van der Waals surface area contributed by atoms with Crippen molar-refractivity contribution in [3.05, 3.63) is 29.6 Å². The van der Waals surface area contributed by atoms with E-state index in [9.17, 15) is 14.0 Å². The maximum atomic E-state index is 13.8. The summed E-state index contributed by atoms with van der Waals surface area (Å²) in [5.41, 5.74) is 6.55. The van der Waals surface area contributed by atoms with Crippen molar-refractivity contribution in [3.63, 3.8) is 0 Å². The van der Waals surface area contributed by atoms with Crippen LogP contribution in [-0.2, 0) is 9.59 Å². The molecule has 1 fully saturated rings. The molecule has 3 N–H and O–H groups in total.